The third-order valence-corrected chi connectivity index (χ3v) is 2.97. The molecule has 0 aliphatic rings. The molecule has 0 spiro atoms. The lowest BCUT2D eigenvalue weighted by atomic mass is 10.0. The molecule has 0 saturated heterocycles. The molecule has 0 heterocycles. The molecule has 1 aromatic rings. The van der Waals surface area contributed by atoms with Crippen molar-refractivity contribution in [1.82, 2.24) is 0 Å². The van der Waals surface area contributed by atoms with Crippen molar-refractivity contribution in [2.45, 2.75) is 57.9 Å². The molecule has 90 valence electrons. The van der Waals surface area contributed by atoms with Gasteiger partial charge in [-0.2, -0.15) is 0 Å². The normalized spacial score (nSPS) is 12.6. The number of nitrogens with two attached hydrogens (primary N) is 1. The van der Waals surface area contributed by atoms with Crippen LogP contribution in [0.4, 0.5) is 0 Å². The van der Waals surface area contributed by atoms with Crippen molar-refractivity contribution in [3.63, 3.8) is 0 Å². The third kappa shape index (κ3) is 6.62. The third-order valence-electron chi connectivity index (χ3n) is 2.97. The van der Waals surface area contributed by atoms with Gasteiger partial charge in [0.25, 0.3) is 0 Å². The highest BCUT2D eigenvalue weighted by Crippen LogP contribution is 2.10. The number of hydrogen-bond acceptors (Lipinski definition) is 1. The van der Waals surface area contributed by atoms with Gasteiger partial charge in [-0.1, -0.05) is 56.0 Å². The molecular weight excluding hydrogens is 194 g/mol. The highest BCUT2D eigenvalue weighted by molar-refractivity contribution is 5.14. The van der Waals surface area contributed by atoms with Crippen LogP contribution in [0.2, 0.25) is 0 Å². The standard InChI is InChI=1S/C15H25N/c1-14(16)10-6-3-2-4-7-11-15-12-8-5-9-13-15/h5,8-9,12-14H,2-4,6-7,10-11,16H2,1H3/t14-/m0/s1. The molecule has 0 saturated carbocycles. The maximum absolute atomic E-state index is 5.71. The maximum atomic E-state index is 5.71. The molecule has 0 aromatic heterocycles. The monoisotopic (exact) mass is 219 g/mol. The van der Waals surface area contributed by atoms with Crippen molar-refractivity contribution >= 4 is 0 Å². The molecule has 1 atom stereocenters. The smallest absolute Gasteiger partial charge is 0.00104 e. The Bertz CT molecular complexity index is 253. The molecule has 1 aromatic carbocycles. The van der Waals surface area contributed by atoms with Gasteiger partial charge in [0.2, 0.25) is 0 Å². The average Bonchev–Trinajstić information content (AvgIpc) is 2.29. The summed E-state index contributed by atoms with van der Waals surface area (Å²) in [6, 6.07) is 11.1. The summed E-state index contributed by atoms with van der Waals surface area (Å²) in [7, 11) is 0. The van der Waals surface area contributed by atoms with Crippen molar-refractivity contribution in [3.8, 4) is 0 Å². The van der Waals surface area contributed by atoms with E-state index in [0.717, 1.165) is 0 Å². The second kappa shape index (κ2) is 8.35. The first-order valence-electron chi connectivity index (χ1n) is 6.58. The second-order valence-electron chi connectivity index (χ2n) is 4.77. The van der Waals surface area contributed by atoms with E-state index >= 15 is 0 Å². The van der Waals surface area contributed by atoms with E-state index in [1.165, 1.54) is 50.5 Å². The molecule has 0 amide bonds. The van der Waals surface area contributed by atoms with Gasteiger partial charge < -0.3 is 5.73 Å². The molecule has 1 rings (SSSR count). The zero-order valence-corrected chi connectivity index (χ0v) is 10.5. The Morgan fingerprint density at radius 2 is 1.56 bits per heavy atom. The summed E-state index contributed by atoms with van der Waals surface area (Å²) in [6.07, 6.45) is 9.09. The van der Waals surface area contributed by atoms with E-state index in [-0.39, 0.29) is 0 Å². The van der Waals surface area contributed by atoms with Gasteiger partial charge in [-0.05, 0) is 31.7 Å². The molecule has 0 fully saturated rings. The SMILES string of the molecule is C[C@H](N)CCCCCCCc1ccccc1. The molecule has 1 nitrogen and oxygen atoms in total. The van der Waals surface area contributed by atoms with Gasteiger partial charge in [0.05, 0.1) is 0 Å². The van der Waals surface area contributed by atoms with E-state index < -0.39 is 0 Å². The summed E-state index contributed by atoms with van der Waals surface area (Å²) in [4.78, 5) is 0. The van der Waals surface area contributed by atoms with Crippen molar-refractivity contribution in [2.24, 2.45) is 5.73 Å². The Morgan fingerprint density at radius 3 is 2.25 bits per heavy atom. The van der Waals surface area contributed by atoms with Gasteiger partial charge in [-0.3, -0.25) is 0 Å². The van der Waals surface area contributed by atoms with Crippen LogP contribution in [-0.4, -0.2) is 6.04 Å². The lowest BCUT2D eigenvalue weighted by molar-refractivity contribution is 0.556. The van der Waals surface area contributed by atoms with Crippen molar-refractivity contribution < 1.29 is 0 Å². The fourth-order valence-corrected chi connectivity index (χ4v) is 1.97. The largest absolute Gasteiger partial charge is 0.328 e. The number of rotatable bonds is 8. The van der Waals surface area contributed by atoms with E-state index in [0.29, 0.717) is 6.04 Å². The van der Waals surface area contributed by atoms with Gasteiger partial charge in [-0.15, -0.1) is 0 Å². The van der Waals surface area contributed by atoms with E-state index in [9.17, 15) is 0 Å². The van der Waals surface area contributed by atoms with Crippen LogP contribution in [0.25, 0.3) is 0 Å². The molecule has 1 heteroatoms. The Balaban J connectivity index is 1.93. The average molecular weight is 219 g/mol. The number of hydrogen-bond donors (Lipinski definition) is 1. The lowest BCUT2D eigenvalue weighted by Gasteiger charge is -2.04. The van der Waals surface area contributed by atoms with Crippen LogP contribution in [0.5, 0.6) is 0 Å². The van der Waals surface area contributed by atoms with E-state index in [2.05, 4.69) is 37.3 Å². The van der Waals surface area contributed by atoms with Crippen LogP contribution in [0.15, 0.2) is 30.3 Å². The van der Waals surface area contributed by atoms with Gasteiger partial charge in [0.15, 0.2) is 0 Å². The van der Waals surface area contributed by atoms with Crippen LogP contribution in [0.1, 0.15) is 51.0 Å². The predicted molar refractivity (Wildman–Crippen MR) is 71.5 cm³/mol. The summed E-state index contributed by atoms with van der Waals surface area (Å²) in [5.74, 6) is 0. The Kier molecular flexibility index (Phi) is 6.91. The van der Waals surface area contributed by atoms with E-state index in [1.54, 1.807) is 0 Å². The highest BCUT2D eigenvalue weighted by Gasteiger charge is 1.95. The van der Waals surface area contributed by atoms with Crippen molar-refractivity contribution in [1.29, 1.82) is 0 Å². The van der Waals surface area contributed by atoms with Gasteiger partial charge in [0, 0.05) is 6.04 Å². The summed E-state index contributed by atoms with van der Waals surface area (Å²) in [5.41, 5.74) is 7.18. The first-order chi connectivity index (χ1) is 7.79. The number of unbranched alkanes of at least 4 members (excludes halogenated alkanes) is 4. The van der Waals surface area contributed by atoms with Crippen LogP contribution < -0.4 is 5.73 Å². The maximum Gasteiger partial charge on any atom is 0.00104 e. The predicted octanol–water partition coefficient (Wildman–Crippen LogP) is 3.92. The summed E-state index contributed by atoms with van der Waals surface area (Å²) in [6.45, 7) is 2.09. The summed E-state index contributed by atoms with van der Waals surface area (Å²) >= 11 is 0. The first-order valence-corrected chi connectivity index (χ1v) is 6.58. The topological polar surface area (TPSA) is 26.0 Å². The molecule has 0 aliphatic carbocycles. The molecule has 16 heavy (non-hydrogen) atoms. The molecule has 0 unspecified atom stereocenters. The number of aryl methyl sites for hydroxylation is 1. The molecular formula is C15H25N. The van der Waals surface area contributed by atoms with Crippen molar-refractivity contribution in [2.75, 3.05) is 0 Å². The molecule has 2 N–H and O–H groups in total. The van der Waals surface area contributed by atoms with Gasteiger partial charge in [-0.25, -0.2) is 0 Å². The zero-order valence-electron chi connectivity index (χ0n) is 10.5. The van der Waals surface area contributed by atoms with Crippen LogP contribution in [-0.2, 0) is 6.42 Å². The lowest BCUT2D eigenvalue weighted by Crippen LogP contribution is -2.13. The van der Waals surface area contributed by atoms with Crippen LogP contribution in [0.3, 0.4) is 0 Å². The molecule has 0 radical (unpaired) electrons. The molecule has 0 bridgehead atoms. The van der Waals surface area contributed by atoms with Crippen LogP contribution >= 0.6 is 0 Å². The summed E-state index contributed by atoms with van der Waals surface area (Å²) < 4.78 is 0. The minimum Gasteiger partial charge on any atom is -0.328 e. The highest BCUT2D eigenvalue weighted by atomic mass is 14.6. The Hall–Kier alpha value is -0.820. The minimum atomic E-state index is 0.379. The van der Waals surface area contributed by atoms with Crippen molar-refractivity contribution in [3.05, 3.63) is 35.9 Å². The van der Waals surface area contributed by atoms with Crippen LogP contribution in [0, 0.1) is 0 Å². The second-order valence-corrected chi connectivity index (χ2v) is 4.77. The minimum absolute atomic E-state index is 0.379. The van der Waals surface area contributed by atoms with Gasteiger partial charge in [0.1, 0.15) is 0 Å². The Morgan fingerprint density at radius 1 is 0.938 bits per heavy atom. The number of benzene rings is 1. The van der Waals surface area contributed by atoms with Gasteiger partial charge >= 0.3 is 0 Å². The Labute approximate surface area is 100 Å². The molecule has 0 aliphatic heterocycles. The first kappa shape index (κ1) is 13.2. The fraction of sp³-hybridized carbons (Fsp3) is 0.600. The summed E-state index contributed by atoms with van der Waals surface area (Å²) in [5, 5.41) is 0. The van der Waals surface area contributed by atoms with E-state index in [4.69, 9.17) is 5.73 Å². The quantitative estimate of drug-likeness (QED) is 0.659. The zero-order chi connectivity index (χ0) is 11.6. The fourth-order valence-electron chi connectivity index (χ4n) is 1.97. The van der Waals surface area contributed by atoms with E-state index in [1.807, 2.05) is 0 Å².